The van der Waals surface area contributed by atoms with Crippen LogP contribution < -0.4 is 4.74 Å². The van der Waals surface area contributed by atoms with E-state index in [2.05, 4.69) is 0 Å². The average molecular weight is 230 g/mol. The van der Waals surface area contributed by atoms with E-state index in [9.17, 15) is 13.6 Å². The zero-order valence-corrected chi connectivity index (χ0v) is 8.96. The maximum Gasteiger partial charge on any atom is 0.379 e. The SMILES string of the molecule is CCc1ccc(OC)c(C(F)(F)C(=O)O)c1. The van der Waals surface area contributed by atoms with Gasteiger partial charge in [-0.05, 0) is 24.1 Å². The third kappa shape index (κ3) is 2.13. The van der Waals surface area contributed by atoms with Gasteiger partial charge in [-0.1, -0.05) is 13.0 Å². The monoisotopic (exact) mass is 230 g/mol. The molecule has 0 radical (unpaired) electrons. The molecule has 0 aliphatic rings. The summed E-state index contributed by atoms with van der Waals surface area (Å²) >= 11 is 0. The van der Waals surface area contributed by atoms with Crippen LogP contribution in [0.4, 0.5) is 8.78 Å². The molecule has 0 spiro atoms. The van der Waals surface area contributed by atoms with Crippen LogP contribution in [0.15, 0.2) is 18.2 Å². The van der Waals surface area contributed by atoms with Crippen molar-refractivity contribution < 1.29 is 23.4 Å². The molecule has 1 rings (SSSR count). The highest BCUT2D eigenvalue weighted by Crippen LogP contribution is 2.35. The van der Waals surface area contributed by atoms with Gasteiger partial charge in [-0.25, -0.2) is 4.79 Å². The Morgan fingerprint density at radius 1 is 1.50 bits per heavy atom. The molecule has 5 heteroatoms. The minimum atomic E-state index is -3.93. The van der Waals surface area contributed by atoms with Crippen LogP contribution in [-0.2, 0) is 17.1 Å². The van der Waals surface area contributed by atoms with Gasteiger partial charge in [-0.3, -0.25) is 0 Å². The third-order valence-corrected chi connectivity index (χ3v) is 2.28. The molecule has 16 heavy (non-hydrogen) atoms. The van der Waals surface area contributed by atoms with Crippen molar-refractivity contribution in [1.82, 2.24) is 0 Å². The van der Waals surface area contributed by atoms with Crippen molar-refractivity contribution in [2.45, 2.75) is 19.3 Å². The number of rotatable bonds is 4. The Balaban J connectivity index is 3.34. The van der Waals surface area contributed by atoms with Gasteiger partial charge in [0.2, 0.25) is 0 Å². The highest BCUT2D eigenvalue weighted by molar-refractivity contribution is 5.78. The molecule has 0 aliphatic carbocycles. The zero-order chi connectivity index (χ0) is 12.3. The Hall–Kier alpha value is -1.65. The quantitative estimate of drug-likeness (QED) is 0.864. The standard InChI is InChI=1S/C11H12F2O3/c1-3-7-4-5-9(16-2)8(6-7)11(12,13)10(14)15/h4-6H,3H2,1-2H3,(H,14,15). The van der Waals surface area contributed by atoms with E-state index in [1.54, 1.807) is 13.0 Å². The number of ether oxygens (including phenoxy) is 1. The summed E-state index contributed by atoms with van der Waals surface area (Å²) in [6.45, 7) is 1.80. The number of carboxylic acids is 1. The van der Waals surface area contributed by atoms with Crippen LogP contribution in [0.5, 0.6) is 5.75 Å². The summed E-state index contributed by atoms with van der Waals surface area (Å²) in [5.41, 5.74) is 0.0265. The van der Waals surface area contributed by atoms with Crippen LogP contribution >= 0.6 is 0 Å². The third-order valence-electron chi connectivity index (χ3n) is 2.28. The number of aliphatic carboxylic acids is 1. The number of methoxy groups -OCH3 is 1. The minimum absolute atomic E-state index is 0.121. The van der Waals surface area contributed by atoms with Gasteiger partial charge in [0.05, 0.1) is 12.7 Å². The van der Waals surface area contributed by atoms with Crippen LogP contribution in [0.25, 0.3) is 0 Å². The lowest BCUT2D eigenvalue weighted by molar-refractivity contribution is -0.166. The molecule has 0 fully saturated rings. The van der Waals surface area contributed by atoms with Gasteiger partial charge in [0.15, 0.2) is 0 Å². The zero-order valence-electron chi connectivity index (χ0n) is 8.96. The van der Waals surface area contributed by atoms with Crippen molar-refractivity contribution >= 4 is 5.97 Å². The predicted octanol–water partition coefficient (Wildman–Crippen LogP) is 2.43. The molecular formula is C11H12F2O3. The molecule has 0 bridgehead atoms. The summed E-state index contributed by atoms with van der Waals surface area (Å²) in [7, 11) is 1.22. The van der Waals surface area contributed by atoms with E-state index in [4.69, 9.17) is 9.84 Å². The Morgan fingerprint density at radius 2 is 2.12 bits per heavy atom. The van der Waals surface area contributed by atoms with Crippen LogP contribution in [0.1, 0.15) is 18.1 Å². The molecule has 0 atom stereocenters. The fourth-order valence-electron chi connectivity index (χ4n) is 1.34. The predicted molar refractivity (Wildman–Crippen MR) is 53.9 cm³/mol. The molecule has 0 saturated carbocycles. The summed E-state index contributed by atoms with van der Waals surface area (Å²) < 4.78 is 31.5. The lowest BCUT2D eigenvalue weighted by Gasteiger charge is -2.16. The fraction of sp³-hybridized carbons (Fsp3) is 0.364. The summed E-state index contributed by atoms with van der Waals surface area (Å²) in [5.74, 6) is -6.24. The summed E-state index contributed by atoms with van der Waals surface area (Å²) in [6.07, 6.45) is 0.548. The summed E-state index contributed by atoms with van der Waals surface area (Å²) in [5, 5.41) is 8.47. The van der Waals surface area contributed by atoms with E-state index in [-0.39, 0.29) is 5.75 Å². The van der Waals surface area contributed by atoms with Gasteiger partial charge in [0, 0.05) is 0 Å². The molecule has 3 nitrogen and oxygen atoms in total. The molecule has 1 N–H and O–H groups in total. The second-order valence-corrected chi connectivity index (χ2v) is 3.27. The molecular weight excluding hydrogens is 218 g/mol. The number of aryl methyl sites for hydroxylation is 1. The van der Waals surface area contributed by atoms with E-state index >= 15 is 0 Å². The average Bonchev–Trinajstić information content (AvgIpc) is 2.27. The first-order chi connectivity index (χ1) is 7.43. The van der Waals surface area contributed by atoms with Gasteiger partial charge in [-0.15, -0.1) is 0 Å². The molecule has 88 valence electrons. The van der Waals surface area contributed by atoms with Crippen molar-refractivity contribution in [1.29, 1.82) is 0 Å². The topological polar surface area (TPSA) is 46.5 Å². The van der Waals surface area contributed by atoms with Gasteiger partial charge in [0.25, 0.3) is 0 Å². The molecule has 1 aromatic rings. The summed E-state index contributed by atoms with van der Waals surface area (Å²) in [4.78, 5) is 10.5. The van der Waals surface area contributed by atoms with Crippen molar-refractivity contribution in [3.05, 3.63) is 29.3 Å². The minimum Gasteiger partial charge on any atom is -0.496 e. The van der Waals surface area contributed by atoms with Crippen molar-refractivity contribution in [3.8, 4) is 5.75 Å². The molecule has 0 aromatic heterocycles. The van der Waals surface area contributed by atoms with Crippen molar-refractivity contribution in [3.63, 3.8) is 0 Å². The molecule has 0 heterocycles. The van der Waals surface area contributed by atoms with Crippen LogP contribution in [0.2, 0.25) is 0 Å². The first kappa shape index (κ1) is 12.4. The Labute approximate surface area is 91.7 Å². The van der Waals surface area contributed by atoms with Gasteiger partial charge >= 0.3 is 11.9 Å². The van der Waals surface area contributed by atoms with Gasteiger partial charge < -0.3 is 9.84 Å². The van der Waals surface area contributed by atoms with E-state index in [0.717, 1.165) is 6.07 Å². The Morgan fingerprint density at radius 3 is 2.56 bits per heavy atom. The lowest BCUT2D eigenvalue weighted by atomic mass is 10.0. The van der Waals surface area contributed by atoms with Crippen molar-refractivity contribution in [2.75, 3.05) is 7.11 Å². The number of hydrogen-bond acceptors (Lipinski definition) is 2. The first-order valence-corrected chi connectivity index (χ1v) is 4.72. The molecule has 0 amide bonds. The number of halogens is 2. The highest BCUT2D eigenvalue weighted by Gasteiger charge is 2.43. The largest absolute Gasteiger partial charge is 0.496 e. The summed E-state index contributed by atoms with van der Waals surface area (Å²) in [6, 6.07) is 4.14. The van der Waals surface area contributed by atoms with Gasteiger partial charge in [0.1, 0.15) is 5.75 Å². The Kier molecular flexibility index (Phi) is 3.47. The number of hydrogen-bond donors (Lipinski definition) is 1. The van der Waals surface area contributed by atoms with Gasteiger partial charge in [-0.2, -0.15) is 8.78 Å². The molecule has 0 saturated heterocycles. The lowest BCUT2D eigenvalue weighted by Crippen LogP contribution is -2.26. The number of carbonyl (C=O) groups is 1. The molecule has 1 aromatic carbocycles. The molecule has 0 aliphatic heterocycles. The second-order valence-electron chi connectivity index (χ2n) is 3.27. The smallest absolute Gasteiger partial charge is 0.379 e. The van der Waals surface area contributed by atoms with E-state index in [1.165, 1.54) is 13.2 Å². The first-order valence-electron chi connectivity index (χ1n) is 4.72. The fourth-order valence-corrected chi connectivity index (χ4v) is 1.34. The normalized spacial score (nSPS) is 11.2. The maximum absolute atomic E-state index is 13.4. The number of benzene rings is 1. The molecule has 0 unspecified atom stereocenters. The number of carboxylic acid groups (broad SMARTS) is 1. The van der Waals surface area contributed by atoms with E-state index in [1.807, 2.05) is 0 Å². The van der Waals surface area contributed by atoms with Crippen molar-refractivity contribution in [2.24, 2.45) is 0 Å². The van der Waals surface area contributed by atoms with Crippen LogP contribution in [0, 0.1) is 0 Å². The van der Waals surface area contributed by atoms with Crippen LogP contribution in [0.3, 0.4) is 0 Å². The maximum atomic E-state index is 13.4. The number of alkyl halides is 2. The highest BCUT2D eigenvalue weighted by atomic mass is 19.3. The van der Waals surface area contributed by atoms with E-state index in [0.29, 0.717) is 12.0 Å². The van der Waals surface area contributed by atoms with Crippen LogP contribution in [-0.4, -0.2) is 18.2 Å². The second kappa shape index (κ2) is 4.47. The Bertz CT molecular complexity index is 402. The van der Waals surface area contributed by atoms with E-state index < -0.39 is 17.5 Å².